The third-order valence-corrected chi connectivity index (χ3v) is 4.80. The van der Waals surface area contributed by atoms with Crippen LogP contribution in [0.1, 0.15) is 36.0 Å². The zero-order chi connectivity index (χ0) is 16.5. The lowest BCUT2D eigenvalue weighted by molar-refractivity contribution is 0.238. The van der Waals surface area contributed by atoms with E-state index in [0.717, 1.165) is 36.5 Å². The molecule has 1 N–H and O–H groups in total. The number of aromatic nitrogens is 5. The Morgan fingerprint density at radius 3 is 2.96 bits per heavy atom. The molecular formula is C18H22N6. The van der Waals surface area contributed by atoms with Crippen molar-refractivity contribution in [2.75, 3.05) is 6.54 Å². The van der Waals surface area contributed by atoms with Crippen LogP contribution in [0, 0.1) is 6.92 Å². The van der Waals surface area contributed by atoms with Crippen molar-refractivity contribution in [1.29, 1.82) is 0 Å². The SMILES string of the molecule is Cc1cc(-c2cn[nH]c2)cc([C@H]2CCCN2Cc2ccnn2C)n1. The zero-order valence-electron chi connectivity index (χ0n) is 14.1. The molecule has 0 aliphatic carbocycles. The van der Waals surface area contributed by atoms with E-state index < -0.39 is 0 Å². The molecule has 4 heterocycles. The smallest absolute Gasteiger partial charge is 0.0584 e. The van der Waals surface area contributed by atoms with Crippen LogP contribution in [-0.4, -0.2) is 36.4 Å². The van der Waals surface area contributed by atoms with E-state index in [2.05, 4.69) is 45.3 Å². The summed E-state index contributed by atoms with van der Waals surface area (Å²) in [5.41, 5.74) is 5.74. The minimum absolute atomic E-state index is 0.366. The number of pyridine rings is 1. The van der Waals surface area contributed by atoms with Gasteiger partial charge in [-0.1, -0.05) is 0 Å². The fraction of sp³-hybridized carbons (Fsp3) is 0.389. The van der Waals surface area contributed by atoms with Crippen LogP contribution in [0.25, 0.3) is 11.1 Å². The van der Waals surface area contributed by atoms with Crippen LogP contribution in [0.5, 0.6) is 0 Å². The molecular weight excluding hydrogens is 300 g/mol. The molecule has 1 aliphatic rings. The molecule has 0 bridgehead atoms. The van der Waals surface area contributed by atoms with Crippen LogP contribution in [0.4, 0.5) is 0 Å². The molecule has 0 radical (unpaired) electrons. The summed E-state index contributed by atoms with van der Waals surface area (Å²) in [6.07, 6.45) is 8.02. The molecule has 3 aromatic rings. The highest BCUT2D eigenvalue weighted by molar-refractivity contribution is 5.62. The molecule has 0 amide bonds. The van der Waals surface area contributed by atoms with E-state index in [-0.39, 0.29) is 0 Å². The van der Waals surface area contributed by atoms with Crippen LogP contribution < -0.4 is 0 Å². The van der Waals surface area contributed by atoms with Crippen LogP contribution in [0.15, 0.2) is 36.8 Å². The van der Waals surface area contributed by atoms with E-state index in [0.29, 0.717) is 6.04 Å². The fourth-order valence-corrected chi connectivity index (χ4v) is 3.56. The lowest BCUT2D eigenvalue weighted by atomic mass is 10.0. The Bertz CT molecular complexity index is 820. The molecule has 0 unspecified atom stereocenters. The molecule has 124 valence electrons. The summed E-state index contributed by atoms with van der Waals surface area (Å²) >= 11 is 0. The van der Waals surface area contributed by atoms with Gasteiger partial charge in [-0.25, -0.2) is 0 Å². The van der Waals surface area contributed by atoms with Crippen molar-refractivity contribution in [1.82, 2.24) is 29.9 Å². The van der Waals surface area contributed by atoms with Crippen molar-refractivity contribution in [2.24, 2.45) is 7.05 Å². The Kier molecular flexibility index (Phi) is 3.90. The average molecular weight is 322 g/mol. The number of rotatable bonds is 4. The van der Waals surface area contributed by atoms with E-state index in [9.17, 15) is 0 Å². The van der Waals surface area contributed by atoms with Gasteiger partial charge in [0.1, 0.15) is 0 Å². The maximum Gasteiger partial charge on any atom is 0.0584 e. The quantitative estimate of drug-likeness (QED) is 0.802. The lowest BCUT2D eigenvalue weighted by Crippen LogP contribution is -2.24. The number of aromatic amines is 1. The Morgan fingerprint density at radius 1 is 1.29 bits per heavy atom. The van der Waals surface area contributed by atoms with Crippen molar-refractivity contribution in [3.8, 4) is 11.1 Å². The highest BCUT2D eigenvalue weighted by atomic mass is 15.3. The predicted molar refractivity (Wildman–Crippen MR) is 92.1 cm³/mol. The second kappa shape index (κ2) is 6.20. The van der Waals surface area contributed by atoms with Gasteiger partial charge in [0.25, 0.3) is 0 Å². The van der Waals surface area contributed by atoms with E-state index in [4.69, 9.17) is 4.98 Å². The minimum Gasteiger partial charge on any atom is -0.289 e. The molecule has 6 nitrogen and oxygen atoms in total. The molecule has 0 spiro atoms. The summed E-state index contributed by atoms with van der Waals surface area (Å²) < 4.78 is 1.95. The van der Waals surface area contributed by atoms with Gasteiger partial charge in [0.2, 0.25) is 0 Å². The molecule has 3 aromatic heterocycles. The molecule has 24 heavy (non-hydrogen) atoms. The zero-order valence-corrected chi connectivity index (χ0v) is 14.1. The highest BCUT2D eigenvalue weighted by Gasteiger charge is 2.28. The first-order valence-electron chi connectivity index (χ1n) is 8.39. The molecule has 1 atom stereocenters. The fourth-order valence-electron chi connectivity index (χ4n) is 3.56. The summed E-state index contributed by atoms with van der Waals surface area (Å²) in [5.74, 6) is 0. The Morgan fingerprint density at radius 2 is 2.21 bits per heavy atom. The summed E-state index contributed by atoms with van der Waals surface area (Å²) in [6.45, 7) is 4.08. The Labute approximate surface area is 141 Å². The molecule has 4 rings (SSSR count). The first-order chi connectivity index (χ1) is 11.7. The first-order valence-corrected chi connectivity index (χ1v) is 8.39. The van der Waals surface area contributed by atoms with Gasteiger partial charge in [0.05, 0.1) is 23.6 Å². The van der Waals surface area contributed by atoms with E-state index >= 15 is 0 Å². The molecule has 0 aromatic carbocycles. The van der Waals surface area contributed by atoms with Gasteiger partial charge < -0.3 is 0 Å². The number of likely N-dealkylation sites (tertiary alicyclic amines) is 1. The molecule has 6 heteroatoms. The summed E-state index contributed by atoms with van der Waals surface area (Å²) in [7, 11) is 2.00. The van der Waals surface area contributed by atoms with Crippen LogP contribution in [0.3, 0.4) is 0 Å². The van der Waals surface area contributed by atoms with Crippen LogP contribution >= 0.6 is 0 Å². The maximum atomic E-state index is 4.83. The maximum absolute atomic E-state index is 4.83. The second-order valence-corrected chi connectivity index (χ2v) is 6.48. The standard InChI is InChI=1S/C18H22N6/c1-13-8-14(15-10-19-20-11-15)9-17(22-13)18-4-3-7-24(18)12-16-5-6-21-23(16)2/h5-6,8-11,18H,3-4,7,12H2,1-2H3,(H,19,20)/t18-/m1/s1. The second-order valence-electron chi connectivity index (χ2n) is 6.48. The number of hydrogen-bond acceptors (Lipinski definition) is 4. The summed E-state index contributed by atoms with van der Waals surface area (Å²) in [6, 6.07) is 6.79. The van der Waals surface area contributed by atoms with Gasteiger partial charge in [-0.05, 0) is 50.1 Å². The van der Waals surface area contributed by atoms with Gasteiger partial charge in [-0.2, -0.15) is 10.2 Å². The lowest BCUT2D eigenvalue weighted by Gasteiger charge is -2.24. The van der Waals surface area contributed by atoms with E-state index in [1.54, 1.807) is 0 Å². The molecule has 1 fully saturated rings. The van der Waals surface area contributed by atoms with Gasteiger partial charge in [-0.3, -0.25) is 19.7 Å². The molecule has 1 aliphatic heterocycles. The summed E-state index contributed by atoms with van der Waals surface area (Å²) in [4.78, 5) is 7.34. The molecule has 0 saturated carbocycles. The van der Waals surface area contributed by atoms with Crippen molar-refractivity contribution in [3.05, 3.63) is 53.9 Å². The number of nitrogens with one attached hydrogen (secondary N) is 1. The third kappa shape index (κ3) is 2.85. The van der Waals surface area contributed by atoms with Gasteiger partial charge in [0, 0.05) is 37.2 Å². The van der Waals surface area contributed by atoms with E-state index in [1.165, 1.54) is 17.7 Å². The topological polar surface area (TPSA) is 62.6 Å². The Balaban J connectivity index is 1.63. The largest absolute Gasteiger partial charge is 0.289 e. The normalized spacial score (nSPS) is 18.3. The molecule has 1 saturated heterocycles. The van der Waals surface area contributed by atoms with E-state index in [1.807, 2.05) is 30.3 Å². The third-order valence-electron chi connectivity index (χ3n) is 4.80. The first kappa shape index (κ1) is 15.1. The van der Waals surface area contributed by atoms with Crippen molar-refractivity contribution < 1.29 is 0 Å². The van der Waals surface area contributed by atoms with Crippen molar-refractivity contribution in [2.45, 2.75) is 32.4 Å². The number of hydrogen-bond donors (Lipinski definition) is 1. The van der Waals surface area contributed by atoms with Crippen LogP contribution in [0.2, 0.25) is 0 Å². The summed E-state index contributed by atoms with van der Waals surface area (Å²) in [5, 5.41) is 11.2. The highest BCUT2D eigenvalue weighted by Crippen LogP contribution is 2.34. The van der Waals surface area contributed by atoms with Gasteiger partial charge in [-0.15, -0.1) is 0 Å². The number of H-pyrrole nitrogens is 1. The van der Waals surface area contributed by atoms with Crippen molar-refractivity contribution in [3.63, 3.8) is 0 Å². The van der Waals surface area contributed by atoms with Gasteiger partial charge >= 0.3 is 0 Å². The average Bonchev–Trinajstić information content (AvgIpc) is 3.30. The van der Waals surface area contributed by atoms with Crippen LogP contribution in [-0.2, 0) is 13.6 Å². The number of nitrogens with zero attached hydrogens (tertiary/aromatic N) is 5. The predicted octanol–water partition coefficient (Wildman–Crippen LogP) is 2.85. The minimum atomic E-state index is 0.366. The van der Waals surface area contributed by atoms with Gasteiger partial charge in [0.15, 0.2) is 0 Å². The van der Waals surface area contributed by atoms with Crippen molar-refractivity contribution >= 4 is 0 Å². The number of aryl methyl sites for hydroxylation is 2. The Hall–Kier alpha value is -2.47. The monoisotopic (exact) mass is 322 g/mol.